The third kappa shape index (κ3) is 5.14. The van der Waals surface area contributed by atoms with Crippen LogP contribution in [0.4, 0.5) is 0 Å². The lowest BCUT2D eigenvalue weighted by Gasteiger charge is -2.20. The number of carbonyl (C=O) groups excluding carboxylic acids is 1. The number of nitrogens with one attached hydrogen (secondary N) is 1. The molecule has 0 saturated heterocycles. The molecule has 0 bridgehead atoms. The number of ketones is 1. The Bertz CT molecular complexity index is 334. The van der Waals surface area contributed by atoms with Crippen molar-refractivity contribution in [1.82, 2.24) is 5.32 Å². The van der Waals surface area contributed by atoms with Crippen molar-refractivity contribution in [2.75, 3.05) is 0 Å². The minimum absolute atomic E-state index is 0.0317. The molecule has 0 aliphatic carbocycles. The van der Waals surface area contributed by atoms with E-state index in [9.17, 15) is 4.79 Å². The maximum absolute atomic E-state index is 11.2. The molecule has 1 rings (SSSR count). The molecule has 94 valence electrons. The lowest BCUT2D eigenvalue weighted by molar-refractivity contribution is -0.118. The van der Waals surface area contributed by atoms with Crippen LogP contribution in [0.2, 0.25) is 0 Å². The SMILES string of the molecule is CCC(CCc1ccccc1)NC(C)C(C)=O. The van der Waals surface area contributed by atoms with Crippen LogP contribution in [-0.4, -0.2) is 17.9 Å². The number of aryl methyl sites for hydroxylation is 1. The summed E-state index contributed by atoms with van der Waals surface area (Å²) in [4.78, 5) is 11.2. The molecular formula is C15H23NO. The summed E-state index contributed by atoms with van der Waals surface area (Å²) in [6.45, 7) is 5.74. The van der Waals surface area contributed by atoms with Gasteiger partial charge in [0.05, 0.1) is 6.04 Å². The molecule has 0 aromatic heterocycles. The molecule has 2 nitrogen and oxygen atoms in total. The van der Waals surface area contributed by atoms with Crippen LogP contribution in [0.25, 0.3) is 0 Å². The first kappa shape index (κ1) is 13.9. The monoisotopic (exact) mass is 233 g/mol. The highest BCUT2D eigenvalue weighted by atomic mass is 16.1. The van der Waals surface area contributed by atoms with Crippen LogP contribution < -0.4 is 5.32 Å². The highest BCUT2D eigenvalue weighted by Gasteiger charge is 2.13. The molecule has 0 aliphatic rings. The Balaban J connectivity index is 2.40. The molecule has 0 spiro atoms. The quantitative estimate of drug-likeness (QED) is 0.784. The summed E-state index contributed by atoms with van der Waals surface area (Å²) in [5.41, 5.74) is 1.36. The number of hydrogen-bond acceptors (Lipinski definition) is 2. The Labute approximate surface area is 104 Å². The Morgan fingerprint density at radius 3 is 2.47 bits per heavy atom. The van der Waals surface area contributed by atoms with Crippen LogP contribution in [0.1, 0.15) is 39.2 Å². The van der Waals surface area contributed by atoms with Crippen LogP contribution in [0.5, 0.6) is 0 Å². The fraction of sp³-hybridized carbons (Fsp3) is 0.533. The first-order valence-electron chi connectivity index (χ1n) is 6.44. The third-order valence-corrected chi connectivity index (χ3v) is 3.21. The van der Waals surface area contributed by atoms with Gasteiger partial charge in [-0.05, 0) is 38.7 Å². The van der Waals surface area contributed by atoms with Gasteiger partial charge in [-0.1, -0.05) is 37.3 Å². The smallest absolute Gasteiger partial charge is 0.146 e. The molecule has 0 fully saturated rings. The molecule has 1 N–H and O–H groups in total. The van der Waals surface area contributed by atoms with Crippen molar-refractivity contribution in [3.05, 3.63) is 35.9 Å². The van der Waals surface area contributed by atoms with Gasteiger partial charge < -0.3 is 5.32 Å². The summed E-state index contributed by atoms with van der Waals surface area (Å²) >= 11 is 0. The van der Waals surface area contributed by atoms with Crippen molar-refractivity contribution in [1.29, 1.82) is 0 Å². The predicted molar refractivity (Wildman–Crippen MR) is 72.1 cm³/mol. The molecule has 1 aromatic carbocycles. The Morgan fingerprint density at radius 2 is 1.94 bits per heavy atom. The molecule has 17 heavy (non-hydrogen) atoms. The first-order chi connectivity index (χ1) is 8.13. The number of benzene rings is 1. The Hall–Kier alpha value is -1.15. The maximum Gasteiger partial charge on any atom is 0.146 e. The second kappa shape index (κ2) is 7.23. The van der Waals surface area contributed by atoms with E-state index in [0.717, 1.165) is 19.3 Å². The van der Waals surface area contributed by atoms with Gasteiger partial charge in [0.25, 0.3) is 0 Å². The van der Waals surface area contributed by atoms with Crippen LogP contribution in [0.15, 0.2) is 30.3 Å². The zero-order chi connectivity index (χ0) is 12.7. The molecule has 0 radical (unpaired) electrons. The van der Waals surface area contributed by atoms with E-state index in [1.165, 1.54) is 5.56 Å². The van der Waals surface area contributed by atoms with Gasteiger partial charge in [0.1, 0.15) is 5.78 Å². The number of hydrogen-bond donors (Lipinski definition) is 1. The summed E-state index contributed by atoms with van der Waals surface area (Å²) in [5, 5.41) is 3.39. The second-order valence-electron chi connectivity index (χ2n) is 4.63. The second-order valence-corrected chi connectivity index (χ2v) is 4.63. The average Bonchev–Trinajstić information content (AvgIpc) is 2.35. The summed E-state index contributed by atoms with van der Waals surface area (Å²) in [6, 6.07) is 10.9. The third-order valence-electron chi connectivity index (χ3n) is 3.21. The summed E-state index contributed by atoms with van der Waals surface area (Å²) in [5.74, 6) is 0.211. The molecule has 2 atom stereocenters. The van der Waals surface area contributed by atoms with Crippen molar-refractivity contribution < 1.29 is 4.79 Å². The van der Waals surface area contributed by atoms with Gasteiger partial charge in [-0.2, -0.15) is 0 Å². The van der Waals surface area contributed by atoms with Crippen molar-refractivity contribution >= 4 is 5.78 Å². The number of rotatable bonds is 7. The average molecular weight is 233 g/mol. The van der Waals surface area contributed by atoms with Gasteiger partial charge >= 0.3 is 0 Å². The van der Waals surface area contributed by atoms with Crippen LogP contribution in [-0.2, 0) is 11.2 Å². The van der Waals surface area contributed by atoms with Crippen molar-refractivity contribution in [2.24, 2.45) is 0 Å². The molecule has 2 unspecified atom stereocenters. The molecule has 0 amide bonds. The van der Waals surface area contributed by atoms with Crippen molar-refractivity contribution in [2.45, 2.75) is 52.1 Å². The predicted octanol–water partition coefficient (Wildman–Crippen LogP) is 2.96. The normalized spacial score (nSPS) is 14.3. The van der Waals surface area contributed by atoms with Gasteiger partial charge in [-0.15, -0.1) is 0 Å². The van der Waals surface area contributed by atoms with Gasteiger partial charge in [0.2, 0.25) is 0 Å². The van der Waals surface area contributed by atoms with Crippen LogP contribution >= 0.6 is 0 Å². The topological polar surface area (TPSA) is 29.1 Å². The summed E-state index contributed by atoms with van der Waals surface area (Å²) < 4.78 is 0. The highest BCUT2D eigenvalue weighted by Crippen LogP contribution is 2.07. The van der Waals surface area contributed by atoms with E-state index in [2.05, 4.69) is 36.5 Å². The largest absolute Gasteiger partial charge is 0.305 e. The minimum Gasteiger partial charge on any atom is -0.305 e. The van der Waals surface area contributed by atoms with E-state index in [0.29, 0.717) is 6.04 Å². The van der Waals surface area contributed by atoms with E-state index in [4.69, 9.17) is 0 Å². The standard InChI is InChI=1S/C15H23NO/c1-4-15(16-12(2)13(3)17)11-10-14-8-6-5-7-9-14/h5-9,12,15-16H,4,10-11H2,1-3H3. The fourth-order valence-electron chi connectivity index (χ4n) is 1.86. The van der Waals surface area contributed by atoms with Gasteiger partial charge in [-0.3, -0.25) is 4.79 Å². The minimum atomic E-state index is -0.0317. The van der Waals surface area contributed by atoms with Gasteiger partial charge in [0.15, 0.2) is 0 Å². The Morgan fingerprint density at radius 1 is 1.29 bits per heavy atom. The summed E-state index contributed by atoms with van der Waals surface area (Å²) in [6.07, 6.45) is 3.21. The number of carbonyl (C=O) groups is 1. The zero-order valence-electron chi connectivity index (χ0n) is 11.1. The molecule has 0 heterocycles. The van der Waals surface area contributed by atoms with E-state index in [-0.39, 0.29) is 11.8 Å². The van der Waals surface area contributed by atoms with Crippen molar-refractivity contribution in [3.8, 4) is 0 Å². The lowest BCUT2D eigenvalue weighted by Crippen LogP contribution is -2.40. The first-order valence-corrected chi connectivity index (χ1v) is 6.44. The molecule has 2 heteroatoms. The molecule has 0 aliphatic heterocycles. The Kier molecular flexibility index (Phi) is 5.92. The van der Waals surface area contributed by atoms with E-state index < -0.39 is 0 Å². The van der Waals surface area contributed by atoms with E-state index in [1.54, 1.807) is 6.92 Å². The van der Waals surface area contributed by atoms with Crippen molar-refractivity contribution in [3.63, 3.8) is 0 Å². The van der Waals surface area contributed by atoms with E-state index >= 15 is 0 Å². The molecular weight excluding hydrogens is 210 g/mol. The molecule has 1 aromatic rings. The van der Waals surface area contributed by atoms with Crippen LogP contribution in [0, 0.1) is 0 Å². The van der Waals surface area contributed by atoms with Gasteiger partial charge in [0, 0.05) is 6.04 Å². The number of Topliss-reactive ketones (excluding diaryl/α,β-unsaturated/α-hetero) is 1. The lowest BCUT2D eigenvalue weighted by atomic mass is 10.0. The highest BCUT2D eigenvalue weighted by molar-refractivity contribution is 5.80. The molecule has 0 saturated carbocycles. The van der Waals surface area contributed by atoms with E-state index in [1.807, 2.05) is 13.0 Å². The zero-order valence-corrected chi connectivity index (χ0v) is 11.1. The summed E-state index contributed by atoms with van der Waals surface area (Å²) in [7, 11) is 0. The maximum atomic E-state index is 11.2. The fourth-order valence-corrected chi connectivity index (χ4v) is 1.86. The van der Waals surface area contributed by atoms with Gasteiger partial charge in [-0.25, -0.2) is 0 Å². The van der Waals surface area contributed by atoms with Crippen LogP contribution in [0.3, 0.4) is 0 Å².